The molecule has 0 bridgehead atoms. The van der Waals surface area contributed by atoms with E-state index in [-0.39, 0.29) is 19.3 Å². The number of carbonyl (C=O) groups excluding carboxylic acids is 2. The maximum absolute atomic E-state index is 10.6. The van der Waals surface area contributed by atoms with Crippen molar-refractivity contribution in [1.82, 2.24) is 0 Å². The van der Waals surface area contributed by atoms with Gasteiger partial charge in [0.1, 0.15) is 0 Å². The number of ether oxygens (including phenoxy) is 2. The molecule has 0 saturated carbocycles. The van der Waals surface area contributed by atoms with Gasteiger partial charge < -0.3 is 14.6 Å². The van der Waals surface area contributed by atoms with Gasteiger partial charge in [-0.15, -0.1) is 0 Å². The molecule has 0 aromatic carbocycles. The van der Waals surface area contributed by atoms with Gasteiger partial charge in [0.15, 0.2) is 0 Å². The zero-order valence-electron chi connectivity index (χ0n) is 7.78. The molecule has 0 saturated heterocycles. The fraction of sp³-hybridized carbons (Fsp3) is 0.750. The molecule has 5 nitrogen and oxygen atoms in total. The van der Waals surface area contributed by atoms with Gasteiger partial charge in [-0.25, -0.2) is 0 Å². The summed E-state index contributed by atoms with van der Waals surface area (Å²) in [6.45, 7) is 0. The molecule has 0 spiro atoms. The monoisotopic (exact) mass is 190 g/mol. The lowest BCUT2D eigenvalue weighted by atomic mass is 10.1. The van der Waals surface area contributed by atoms with Crippen LogP contribution in [0.25, 0.3) is 0 Å². The molecule has 0 aliphatic rings. The molecule has 0 aliphatic carbocycles. The molecule has 0 radical (unpaired) electrons. The lowest BCUT2D eigenvalue weighted by Gasteiger charge is -2.07. The van der Waals surface area contributed by atoms with Crippen LogP contribution in [0.5, 0.6) is 0 Å². The Morgan fingerprint density at radius 1 is 1.23 bits per heavy atom. The largest absolute Gasteiger partial charge is 0.469 e. The number of hydrogen-bond donors (Lipinski definition) is 1. The zero-order chi connectivity index (χ0) is 10.3. The molecule has 0 aromatic rings. The van der Waals surface area contributed by atoms with Crippen LogP contribution in [-0.4, -0.2) is 37.4 Å². The Kier molecular flexibility index (Phi) is 5.88. The minimum atomic E-state index is -0.841. The van der Waals surface area contributed by atoms with E-state index in [1.54, 1.807) is 0 Å². The first-order valence-corrected chi connectivity index (χ1v) is 3.91. The average Bonchev–Trinajstić information content (AvgIpc) is 2.13. The lowest BCUT2D eigenvalue weighted by Crippen LogP contribution is -2.16. The number of methoxy groups -OCH3 is 2. The van der Waals surface area contributed by atoms with Crippen molar-refractivity contribution in [2.24, 2.45) is 0 Å². The maximum Gasteiger partial charge on any atom is 0.308 e. The molecule has 5 heteroatoms. The van der Waals surface area contributed by atoms with Crippen molar-refractivity contribution in [3.8, 4) is 0 Å². The molecule has 1 atom stereocenters. The van der Waals surface area contributed by atoms with Crippen molar-refractivity contribution in [2.45, 2.75) is 25.4 Å². The standard InChI is InChI=1S/C8H14O5/c1-12-7(10)4-3-6(9)5-8(11)13-2/h6,9H,3-5H2,1-2H3/t6-/m0/s1. The maximum atomic E-state index is 10.6. The second kappa shape index (κ2) is 6.42. The lowest BCUT2D eigenvalue weighted by molar-refractivity contribution is -0.145. The molecule has 0 rings (SSSR count). The molecule has 0 aliphatic heterocycles. The highest BCUT2D eigenvalue weighted by Crippen LogP contribution is 2.03. The summed E-state index contributed by atoms with van der Waals surface area (Å²) in [6.07, 6.45) is -0.615. The van der Waals surface area contributed by atoms with Gasteiger partial charge in [-0.05, 0) is 6.42 Å². The third-order valence-corrected chi connectivity index (χ3v) is 1.54. The van der Waals surface area contributed by atoms with E-state index in [1.165, 1.54) is 14.2 Å². The molecular weight excluding hydrogens is 176 g/mol. The van der Waals surface area contributed by atoms with Crippen molar-refractivity contribution in [3.63, 3.8) is 0 Å². The summed E-state index contributed by atoms with van der Waals surface area (Å²) in [7, 11) is 2.52. The highest BCUT2D eigenvalue weighted by atomic mass is 16.5. The van der Waals surface area contributed by atoms with Crippen LogP contribution in [0, 0.1) is 0 Å². The van der Waals surface area contributed by atoms with Crippen molar-refractivity contribution in [3.05, 3.63) is 0 Å². The third-order valence-electron chi connectivity index (χ3n) is 1.54. The van der Waals surface area contributed by atoms with E-state index in [2.05, 4.69) is 9.47 Å². The minimum Gasteiger partial charge on any atom is -0.469 e. The van der Waals surface area contributed by atoms with E-state index < -0.39 is 18.0 Å². The highest BCUT2D eigenvalue weighted by molar-refractivity contribution is 5.70. The molecule has 0 unspecified atom stereocenters. The summed E-state index contributed by atoms with van der Waals surface area (Å²) in [5, 5.41) is 9.19. The van der Waals surface area contributed by atoms with Crippen LogP contribution in [0.4, 0.5) is 0 Å². The van der Waals surface area contributed by atoms with Crippen LogP contribution in [-0.2, 0) is 19.1 Å². The van der Waals surface area contributed by atoms with Crippen LogP contribution in [0.3, 0.4) is 0 Å². The highest BCUT2D eigenvalue weighted by Gasteiger charge is 2.12. The van der Waals surface area contributed by atoms with Crippen LogP contribution in [0.2, 0.25) is 0 Å². The van der Waals surface area contributed by atoms with E-state index in [9.17, 15) is 14.7 Å². The average molecular weight is 190 g/mol. The molecule has 1 N–H and O–H groups in total. The second-order valence-electron chi connectivity index (χ2n) is 2.55. The Labute approximate surface area is 76.6 Å². The summed E-state index contributed by atoms with van der Waals surface area (Å²) in [5.74, 6) is -0.888. The number of hydrogen-bond acceptors (Lipinski definition) is 5. The predicted molar refractivity (Wildman–Crippen MR) is 43.9 cm³/mol. The van der Waals surface area contributed by atoms with Gasteiger partial charge in [0.05, 0.1) is 26.7 Å². The second-order valence-corrected chi connectivity index (χ2v) is 2.55. The molecule has 0 amide bonds. The molecule has 0 fully saturated rings. The Hall–Kier alpha value is -1.10. The van der Waals surface area contributed by atoms with E-state index >= 15 is 0 Å². The van der Waals surface area contributed by atoms with Crippen LogP contribution < -0.4 is 0 Å². The molecule has 0 heterocycles. The summed E-state index contributed by atoms with van der Waals surface area (Å²) in [4.78, 5) is 21.3. The van der Waals surface area contributed by atoms with Crippen LogP contribution >= 0.6 is 0 Å². The van der Waals surface area contributed by atoms with Gasteiger partial charge in [-0.3, -0.25) is 9.59 Å². The molecule has 0 aromatic heterocycles. The molecule has 13 heavy (non-hydrogen) atoms. The number of esters is 2. The van der Waals surface area contributed by atoms with Gasteiger partial charge >= 0.3 is 11.9 Å². The Balaban J connectivity index is 3.56. The van der Waals surface area contributed by atoms with Gasteiger partial charge in [0, 0.05) is 6.42 Å². The normalized spacial score (nSPS) is 11.9. The number of aliphatic hydroxyl groups excluding tert-OH is 1. The fourth-order valence-electron chi connectivity index (χ4n) is 0.764. The fourth-order valence-corrected chi connectivity index (χ4v) is 0.764. The Morgan fingerprint density at radius 3 is 2.23 bits per heavy atom. The first kappa shape index (κ1) is 11.9. The Bertz CT molecular complexity index is 177. The zero-order valence-corrected chi connectivity index (χ0v) is 7.78. The van der Waals surface area contributed by atoms with E-state index in [0.717, 1.165) is 0 Å². The van der Waals surface area contributed by atoms with Crippen molar-refractivity contribution in [1.29, 1.82) is 0 Å². The first-order chi connectivity index (χ1) is 6.10. The molecular formula is C8H14O5. The summed E-state index contributed by atoms with van der Waals surface area (Å²) in [5.41, 5.74) is 0. The Morgan fingerprint density at radius 2 is 1.77 bits per heavy atom. The van der Waals surface area contributed by atoms with E-state index in [4.69, 9.17) is 0 Å². The predicted octanol–water partition coefficient (Wildman–Crippen LogP) is -0.136. The summed E-state index contributed by atoms with van der Waals surface area (Å²) >= 11 is 0. The number of rotatable bonds is 5. The van der Waals surface area contributed by atoms with Crippen molar-refractivity contribution >= 4 is 11.9 Å². The van der Waals surface area contributed by atoms with Gasteiger partial charge in [-0.2, -0.15) is 0 Å². The number of aliphatic hydroxyl groups is 1. The topological polar surface area (TPSA) is 72.8 Å². The van der Waals surface area contributed by atoms with E-state index in [1.807, 2.05) is 0 Å². The first-order valence-electron chi connectivity index (χ1n) is 3.91. The minimum absolute atomic E-state index is 0.0898. The van der Waals surface area contributed by atoms with Crippen LogP contribution in [0.15, 0.2) is 0 Å². The quantitative estimate of drug-likeness (QED) is 0.611. The third kappa shape index (κ3) is 6.10. The van der Waals surface area contributed by atoms with Crippen LogP contribution in [0.1, 0.15) is 19.3 Å². The van der Waals surface area contributed by atoms with Crippen molar-refractivity contribution in [2.75, 3.05) is 14.2 Å². The molecule has 76 valence electrons. The SMILES string of the molecule is COC(=O)CC[C@H](O)CC(=O)OC. The van der Waals surface area contributed by atoms with Crippen molar-refractivity contribution < 1.29 is 24.2 Å². The smallest absolute Gasteiger partial charge is 0.308 e. The number of carbonyl (C=O) groups is 2. The van der Waals surface area contributed by atoms with Gasteiger partial charge in [0.2, 0.25) is 0 Å². The summed E-state index contributed by atoms with van der Waals surface area (Å²) < 4.78 is 8.70. The van der Waals surface area contributed by atoms with E-state index in [0.29, 0.717) is 0 Å². The van der Waals surface area contributed by atoms with Gasteiger partial charge in [0.25, 0.3) is 0 Å². The van der Waals surface area contributed by atoms with Gasteiger partial charge in [-0.1, -0.05) is 0 Å². The summed E-state index contributed by atoms with van der Waals surface area (Å²) in [6, 6.07) is 0.